The third kappa shape index (κ3) is 4.05. The van der Waals surface area contributed by atoms with E-state index >= 15 is 0 Å². The Bertz CT molecular complexity index is 740. The molecule has 0 aliphatic rings. The van der Waals surface area contributed by atoms with Crippen molar-refractivity contribution in [2.75, 3.05) is 14.2 Å². The van der Waals surface area contributed by atoms with Gasteiger partial charge in [-0.1, -0.05) is 6.07 Å². The number of benzene rings is 1. The molecule has 6 nitrogen and oxygen atoms in total. The van der Waals surface area contributed by atoms with Crippen molar-refractivity contribution in [3.8, 4) is 11.5 Å². The van der Waals surface area contributed by atoms with Crippen molar-refractivity contribution in [1.82, 2.24) is 5.32 Å². The molecule has 1 aromatic carbocycles. The van der Waals surface area contributed by atoms with E-state index in [1.54, 1.807) is 23.6 Å². The summed E-state index contributed by atoms with van der Waals surface area (Å²) in [5.74, 6) is -0.284. The van der Waals surface area contributed by atoms with Crippen molar-refractivity contribution < 1.29 is 24.2 Å². The Morgan fingerprint density at radius 1 is 1.21 bits per heavy atom. The van der Waals surface area contributed by atoms with Crippen LogP contribution in [0.25, 0.3) is 0 Å². The summed E-state index contributed by atoms with van der Waals surface area (Å²) in [5, 5.41) is 15.6. The minimum Gasteiger partial charge on any atom is -0.493 e. The molecule has 0 saturated heterocycles. The number of hydrogen-bond acceptors (Lipinski definition) is 5. The number of nitrogens with one attached hydrogen (secondary N) is 1. The second-order valence-electron chi connectivity index (χ2n) is 5.21. The Hall–Kier alpha value is -2.54. The lowest BCUT2D eigenvalue weighted by Crippen LogP contribution is -2.30. The zero-order valence-corrected chi connectivity index (χ0v) is 14.5. The quantitative estimate of drug-likeness (QED) is 0.803. The first-order valence-electron chi connectivity index (χ1n) is 7.23. The third-order valence-electron chi connectivity index (χ3n) is 3.59. The molecule has 1 aromatic heterocycles. The number of carbonyl (C=O) groups is 2. The third-order valence-corrected chi connectivity index (χ3v) is 4.46. The van der Waals surface area contributed by atoms with Gasteiger partial charge in [-0.15, -0.1) is 0 Å². The number of rotatable bonds is 7. The van der Waals surface area contributed by atoms with Gasteiger partial charge < -0.3 is 19.9 Å². The maximum Gasteiger partial charge on any atom is 0.305 e. The van der Waals surface area contributed by atoms with E-state index in [9.17, 15) is 9.59 Å². The average molecular weight is 349 g/mol. The fourth-order valence-electron chi connectivity index (χ4n) is 2.33. The monoisotopic (exact) mass is 349 g/mol. The summed E-state index contributed by atoms with van der Waals surface area (Å²) in [6, 6.07) is 4.41. The number of carboxylic acids is 1. The number of hydrogen-bond donors (Lipinski definition) is 2. The minimum atomic E-state index is -1.00. The highest BCUT2D eigenvalue weighted by atomic mass is 32.1. The number of thiophene rings is 1. The van der Waals surface area contributed by atoms with E-state index in [0.717, 1.165) is 5.56 Å². The molecular weight excluding hydrogens is 330 g/mol. The minimum absolute atomic E-state index is 0.232. The van der Waals surface area contributed by atoms with E-state index in [1.807, 2.05) is 12.3 Å². The van der Waals surface area contributed by atoms with E-state index < -0.39 is 12.0 Å². The Morgan fingerprint density at radius 2 is 1.92 bits per heavy atom. The van der Waals surface area contributed by atoms with Crippen molar-refractivity contribution in [3.05, 3.63) is 45.6 Å². The van der Waals surface area contributed by atoms with Crippen LogP contribution >= 0.6 is 11.3 Å². The number of carboxylic acid groups (broad SMARTS) is 1. The first-order chi connectivity index (χ1) is 11.5. The maximum absolute atomic E-state index is 12.4. The van der Waals surface area contributed by atoms with Gasteiger partial charge in [0.1, 0.15) is 0 Å². The van der Waals surface area contributed by atoms with Gasteiger partial charge in [-0.2, -0.15) is 11.3 Å². The van der Waals surface area contributed by atoms with E-state index in [2.05, 4.69) is 5.32 Å². The standard InChI is InChI=1S/C17H19NO5S/c1-10-8-24-9-12(10)17(21)18-13(7-16(19)20)11-4-5-14(22-2)15(6-11)23-3/h4-6,8-9,13H,7H2,1-3H3,(H,18,21)(H,19,20). The van der Waals surface area contributed by atoms with Crippen molar-refractivity contribution in [2.24, 2.45) is 0 Å². The maximum atomic E-state index is 12.4. The summed E-state index contributed by atoms with van der Waals surface area (Å²) in [7, 11) is 3.02. The first kappa shape index (κ1) is 17.8. The number of methoxy groups -OCH3 is 2. The van der Waals surface area contributed by atoms with E-state index in [4.69, 9.17) is 14.6 Å². The number of amides is 1. The highest BCUT2D eigenvalue weighted by molar-refractivity contribution is 7.08. The average Bonchev–Trinajstić information content (AvgIpc) is 2.99. The van der Waals surface area contributed by atoms with Crippen LogP contribution in [0.3, 0.4) is 0 Å². The number of aryl methyl sites for hydroxylation is 1. The predicted octanol–water partition coefficient (Wildman–Crippen LogP) is 3.02. The first-order valence-corrected chi connectivity index (χ1v) is 8.18. The summed E-state index contributed by atoms with van der Waals surface area (Å²) in [5.41, 5.74) is 2.05. The van der Waals surface area contributed by atoms with Crippen LogP contribution in [-0.2, 0) is 4.79 Å². The Morgan fingerprint density at radius 3 is 2.46 bits per heavy atom. The molecule has 0 fully saturated rings. The van der Waals surface area contributed by atoms with Crippen LogP contribution in [-0.4, -0.2) is 31.2 Å². The zero-order valence-electron chi connectivity index (χ0n) is 13.7. The Balaban J connectivity index is 2.30. The summed E-state index contributed by atoms with van der Waals surface area (Å²) in [4.78, 5) is 23.6. The highest BCUT2D eigenvalue weighted by Gasteiger charge is 2.21. The van der Waals surface area contributed by atoms with Crippen molar-refractivity contribution in [2.45, 2.75) is 19.4 Å². The molecule has 1 atom stereocenters. The van der Waals surface area contributed by atoms with E-state index in [-0.39, 0.29) is 12.3 Å². The molecule has 0 bridgehead atoms. The van der Waals surface area contributed by atoms with Gasteiger partial charge in [0, 0.05) is 5.38 Å². The fourth-order valence-corrected chi connectivity index (χ4v) is 3.15. The lowest BCUT2D eigenvalue weighted by atomic mass is 10.0. The van der Waals surface area contributed by atoms with Gasteiger partial charge in [0.25, 0.3) is 5.91 Å². The van der Waals surface area contributed by atoms with Gasteiger partial charge in [-0.05, 0) is 35.6 Å². The van der Waals surface area contributed by atoms with Crippen LogP contribution in [0, 0.1) is 6.92 Å². The lowest BCUT2D eigenvalue weighted by molar-refractivity contribution is -0.137. The Labute approximate surface area is 144 Å². The van der Waals surface area contributed by atoms with Crippen molar-refractivity contribution >= 4 is 23.2 Å². The zero-order chi connectivity index (χ0) is 17.7. The fraction of sp³-hybridized carbons (Fsp3) is 0.294. The van der Waals surface area contributed by atoms with Gasteiger partial charge in [0.2, 0.25) is 0 Å². The second-order valence-corrected chi connectivity index (χ2v) is 5.95. The molecule has 0 spiro atoms. The Kier molecular flexibility index (Phi) is 5.81. The smallest absolute Gasteiger partial charge is 0.305 e. The molecule has 1 heterocycles. The van der Waals surface area contributed by atoms with Crippen molar-refractivity contribution in [1.29, 1.82) is 0 Å². The number of ether oxygens (including phenoxy) is 2. The molecule has 24 heavy (non-hydrogen) atoms. The van der Waals surface area contributed by atoms with Crippen LogP contribution in [0.1, 0.15) is 33.9 Å². The van der Waals surface area contributed by atoms with Gasteiger partial charge in [0.15, 0.2) is 11.5 Å². The van der Waals surface area contributed by atoms with Crippen LogP contribution in [0.2, 0.25) is 0 Å². The predicted molar refractivity (Wildman–Crippen MR) is 91.1 cm³/mol. The molecule has 2 rings (SSSR count). The van der Waals surface area contributed by atoms with Crippen LogP contribution in [0.15, 0.2) is 29.0 Å². The SMILES string of the molecule is COc1ccc(C(CC(=O)O)NC(=O)c2cscc2C)cc1OC. The molecule has 2 N–H and O–H groups in total. The number of aliphatic carboxylic acids is 1. The van der Waals surface area contributed by atoms with Gasteiger partial charge in [-0.3, -0.25) is 9.59 Å². The summed E-state index contributed by atoms with van der Waals surface area (Å²) >= 11 is 1.43. The molecule has 0 aliphatic heterocycles. The van der Waals surface area contributed by atoms with E-state index in [0.29, 0.717) is 22.6 Å². The summed E-state index contributed by atoms with van der Waals surface area (Å²) in [6.45, 7) is 1.84. The van der Waals surface area contributed by atoms with Crippen molar-refractivity contribution in [3.63, 3.8) is 0 Å². The molecule has 128 valence electrons. The molecule has 2 aromatic rings. The second kappa shape index (κ2) is 7.83. The molecule has 1 unspecified atom stereocenters. The molecule has 0 saturated carbocycles. The van der Waals surface area contributed by atoms with Crippen LogP contribution in [0.5, 0.6) is 11.5 Å². The van der Waals surface area contributed by atoms with Gasteiger partial charge in [0.05, 0.1) is 32.2 Å². The summed E-state index contributed by atoms with van der Waals surface area (Å²) < 4.78 is 10.4. The normalized spacial score (nSPS) is 11.6. The molecular formula is C17H19NO5S. The van der Waals surface area contributed by atoms with Crippen LogP contribution in [0.4, 0.5) is 0 Å². The number of carbonyl (C=O) groups excluding carboxylic acids is 1. The molecule has 7 heteroatoms. The van der Waals surface area contributed by atoms with Gasteiger partial charge in [-0.25, -0.2) is 0 Å². The largest absolute Gasteiger partial charge is 0.493 e. The lowest BCUT2D eigenvalue weighted by Gasteiger charge is -2.19. The molecule has 0 aliphatic carbocycles. The van der Waals surface area contributed by atoms with Gasteiger partial charge >= 0.3 is 5.97 Å². The van der Waals surface area contributed by atoms with Crippen LogP contribution < -0.4 is 14.8 Å². The summed E-state index contributed by atoms with van der Waals surface area (Å²) in [6.07, 6.45) is -0.232. The molecule has 0 radical (unpaired) electrons. The topological polar surface area (TPSA) is 84.9 Å². The highest BCUT2D eigenvalue weighted by Crippen LogP contribution is 2.31. The molecule has 1 amide bonds. The van der Waals surface area contributed by atoms with E-state index in [1.165, 1.54) is 25.6 Å².